The van der Waals surface area contributed by atoms with E-state index in [1.807, 2.05) is 0 Å². The van der Waals surface area contributed by atoms with Crippen molar-refractivity contribution in [1.82, 2.24) is 10.6 Å². The highest BCUT2D eigenvalue weighted by Crippen LogP contribution is 2.39. The van der Waals surface area contributed by atoms with Crippen molar-refractivity contribution >= 4 is 23.6 Å². The molecule has 0 aromatic heterocycles. The Morgan fingerprint density at radius 2 is 2.22 bits per heavy atom. The number of amides is 2. The van der Waals surface area contributed by atoms with Crippen molar-refractivity contribution < 1.29 is 23.8 Å². The average molecular weight is 339 g/mol. The molecule has 0 fully saturated rings. The molecule has 23 heavy (non-hydrogen) atoms. The third-order valence-electron chi connectivity index (χ3n) is 3.69. The van der Waals surface area contributed by atoms with Crippen LogP contribution in [0.1, 0.15) is 24.1 Å². The van der Waals surface area contributed by atoms with Crippen LogP contribution in [0.4, 0.5) is 4.79 Å². The van der Waals surface area contributed by atoms with E-state index in [4.69, 9.17) is 25.8 Å². The molecule has 2 N–H and O–H groups in total. The quantitative estimate of drug-likeness (QED) is 0.806. The Balaban J connectivity index is 2.15. The fourth-order valence-corrected chi connectivity index (χ4v) is 2.98. The first kappa shape index (κ1) is 15.6. The summed E-state index contributed by atoms with van der Waals surface area (Å²) in [6.45, 7) is 2.08. The Kier molecular flexibility index (Phi) is 4.14. The molecular formula is C15H15ClN2O5. The number of hydrogen-bond donors (Lipinski definition) is 2. The van der Waals surface area contributed by atoms with Gasteiger partial charge >= 0.3 is 12.0 Å². The van der Waals surface area contributed by atoms with Crippen LogP contribution in [-0.2, 0) is 20.9 Å². The summed E-state index contributed by atoms with van der Waals surface area (Å²) in [6.07, 6.45) is 0. The molecule has 1 aromatic carbocycles. The van der Waals surface area contributed by atoms with Gasteiger partial charge in [-0.15, -0.1) is 0 Å². The van der Waals surface area contributed by atoms with Crippen LogP contribution in [0.3, 0.4) is 0 Å². The molecule has 0 radical (unpaired) electrons. The number of hydrogen-bond acceptors (Lipinski definition) is 5. The Morgan fingerprint density at radius 3 is 2.96 bits per heavy atom. The standard InChI is InChI=1S/C15H15ClN2O5/c1-7-11(14(19)21-2)12(18-15(20)17-7)10-4-9(16)3-8-5-22-6-23-13(8)10/h3-4,12H,5-6H2,1-2H3,(H2,17,18,20)/t12-/m0/s1. The highest BCUT2D eigenvalue weighted by molar-refractivity contribution is 6.30. The van der Waals surface area contributed by atoms with Crippen LogP contribution >= 0.6 is 11.6 Å². The molecule has 2 aliphatic heterocycles. The fourth-order valence-electron chi connectivity index (χ4n) is 2.73. The van der Waals surface area contributed by atoms with Crippen LogP contribution in [0.2, 0.25) is 5.02 Å². The smallest absolute Gasteiger partial charge is 0.337 e. The number of fused-ring (bicyclic) bond motifs is 1. The zero-order valence-corrected chi connectivity index (χ0v) is 13.3. The second-order valence-corrected chi connectivity index (χ2v) is 5.59. The van der Waals surface area contributed by atoms with Crippen molar-refractivity contribution in [3.8, 4) is 5.75 Å². The Bertz CT molecular complexity index is 716. The first-order valence-electron chi connectivity index (χ1n) is 6.90. The molecule has 0 unspecified atom stereocenters. The van der Waals surface area contributed by atoms with Gasteiger partial charge in [0.25, 0.3) is 0 Å². The number of esters is 1. The van der Waals surface area contributed by atoms with Gasteiger partial charge in [0, 0.05) is 21.8 Å². The number of carbonyl (C=O) groups is 2. The second kappa shape index (κ2) is 6.10. The lowest BCUT2D eigenvalue weighted by Gasteiger charge is -2.30. The summed E-state index contributed by atoms with van der Waals surface area (Å²) in [6, 6.07) is 2.26. The molecule has 0 aliphatic carbocycles. The highest BCUT2D eigenvalue weighted by atomic mass is 35.5. The number of carbonyl (C=O) groups excluding carboxylic acids is 2. The lowest BCUT2D eigenvalue weighted by atomic mass is 9.93. The summed E-state index contributed by atoms with van der Waals surface area (Å²) in [5.41, 5.74) is 2.07. The number of urea groups is 1. The van der Waals surface area contributed by atoms with Crippen molar-refractivity contribution in [2.24, 2.45) is 0 Å². The van der Waals surface area contributed by atoms with Gasteiger partial charge in [-0.05, 0) is 19.1 Å². The predicted molar refractivity (Wildman–Crippen MR) is 80.9 cm³/mol. The van der Waals surface area contributed by atoms with Crippen molar-refractivity contribution in [2.45, 2.75) is 19.6 Å². The van der Waals surface area contributed by atoms with E-state index in [-0.39, 0.29) is 6.79 Å². The lowest BCUT2D eigenvalue weighted by molar-refractivity contribution is -0.136. The Morgan fingerprint density at radius 1 is 1.43 bits per heavy atom. The van der Waals surface area contributed by atoms with Crippen LogP contribution < -0.4 is 15.4 Å². The predicted octanol–water partition coefficient (Wildman–Crippen LogP) is 2.01. The minimum absolute atomic E-state index is 0.0941. The van der Waals surface area contributed by atoms with Crippen LogP contribution in [0, 0.1) is 0 Å². The van der Waals surface area contributed by atoms with Gasteiger partial charge < -0.3 is 24.8 Å². The molecular weight excluding hydrogens is 324 g/mol. The second-order valence-electron chi connectivity index (χ2n) is 5.16. The summed E-state index contributed by atoms with van der Waals surface area (Å²) in [4.78, 5) is 24.0. The van der Waals surface area contributed by atoms with Crippen molar-refractivity contribution in [1.29, 1.82) is 0 Å². The number of benzene rings is 1. The van der Waals surface area contributed by atoms with Crippen molar-refractivity contribution in [3.63, 3.8) is 0 Å². The topological polar surface area (TPSA) is 85.9 Å². The van der Waals surface area contributed by atoms with E-state index in [0.29, 0.717) is 34.2 Å². The van der Waals surface area contributed by atoms with E-state index in [0.717, 1.165) is 5.56 Å². The van der Waals surface area contributed by atoms with Crippen molar-refractivity contribution in [3.05, 3.63) is 39.6 Å². The van der Waals surface area contributed by atoms with Gasteiger partial charge in [0.05, 0.1) is 25.3 Å². The van der Waals surface area contributed by atoms with Crippen LogP contribution in [0.5, 0.6) is 5.75 Å². The minimum atomic E-state index is -0.721. The Labute approximate surface area is 137 Å². The normalized spacial score (nSPS) is 20.1. The minimum Gasteiger partial charge on any atom is -0.467 e. The van der Waals surface area contributed by atoms with E-state index in [2.05, 4.69) is 10.6 Å². The van der Waals surface area contributed by atoms with E-state index in [9.17, 15) is 9.59 Å². The number of allylic oxidation sites excluding steroid dienone is 1. The molecule has 7 nitrogen and oxygen atoms in total. The molecule has 2 heterocycles. The number of methoxy groups -OCH3 is 1. The number of ether oxygens (including phenoxy) is 3. The van der Waals surface area contributed by atoms with E-state index in [1.54, 1.807) is 19.1 Å². The van der Waals surface area contributed by atoms with Gasteiger partial charge in [-0.2, -0.15) is 0 Å². The molecule has 1 aromatic rings. The fraction of sp³-hybridized carbons (Fsp3) is 0.333. The molecule has 3 rings (SSSR count). The van der Waals surface area contributed by atoms with Crippen LogP contribution in [0.15, 0.2) is 23.4 Å². The average Bonchev–Trinajstić information content (AvgIpc) is 2.52. The molecule has 0 bridgehead atoms. The first-order chi connectivity index (χ1) is 11.0. The summed E-state index contributed by atoms with van der Waals surface area (Å²) in [5, 5.41) is 5.75. The maximum atomic E-state index is 12.2. The zero-order valence-electron chi connectivity index (χ0n) is 12.6. The molecule has 2 aliphatic rings. The van der Waals surface area contributed by atoms with Crippen molar-refractivity contribution in [2.75, 3.05) is 13.9 Å². The largest absolute Gasteiger partial charge is 0.467 e. The molecule has 0 spiro atoms. The third-order valence-corrected chi connectivity index (χ3v) is 3.91. The highest BCUT2D eigenvalue weighted by Gasteiger charge is 2.35. The summed E-state index contributed by atoms with van der Waals surface area (Å²) in [7, 11) is 1.29. The first-order valence-corrected chi connectivity index (χ1v) is 7.28. The van der Waals surface area contributed by atoms with E-state index >= 15 is 0 Å². The maximum absolute atomic E-state index is 12.2. The zero-order chi connectivity index (χ0) is 16.6. The SMILES string of the molecule is COC(=O)C1=C(C)NC(=O)N[C@H]1c1cc(Cl)cc2c1OCOC2. The van der Waals surface area contributed by atoms with Gasteiger partial charge in [0.15, 0.2) is 6.79 Å². The van der Waals surface area contributed by atoms with Gasteiger partial charge in [0.1, 0.15) is 5.75 Å². The van der Waals surface area contributed by atoms with Gasteiger partial charge in [0.2, 0.25) is 0 Å². The molecule has 122 valence electrons. The molecule has 1 atom stereocenters. The summed E-state index contributed by atoms with van der Waals surface area (Å²) in [5.74, 6) is 0.0165. The Hall–Kier alpha value is -2.25. The molecule has 2 amide bonds. The molecule has 8 heteroatoms. The van der Waals surface area contributed by atoms with Crippen LogP contribution in [0.25, 0.3) is 0 Å². The molecule has 0 saturated carbocycles. The van der Waals surface area contributed by atoms with Gasteiger partial charge in [-0.25, -0.2) is 9.59 Å². The summed E-state index contributed by atoms with van der Waals surface area (Å²) < 4.78 is 15.6. The monoisotopic (exact) mass is 338 g/mol. The number of rotatable bonds is 2. The van der Waals surface area contributed by atoms with Crippen LogP contribution in [-0.4, -0.2) is 25.9 Å². The van der Waals surface area contributed by atoms with Gasteiger partial charge in [-0.1, -0.05) is 11.6 Å². The lowest BCUT2D eigenvalue weighted by Crippen LogP contribution is -2.45. The number of nitrogens with one attached hydrogen (secondary N) is 2. The maximum Gasteiger partial charge on any atom is 0.337 e. The number of halogens is 1. The summed E-state index contributed by atoms with van der Waals surface area (Å²) >= 11 is 6.16. The third kappa shape index (κ3) is 2.85. The van der Waals surface area contributed by atoms with Gasteiger partial charge in [-0.3, -0.25) is 0 Å². The van der Waals surface area contributed by atoms with E-state index in [1.165, 1.54) is 7.11 Å². The molecule has 0 saturated heterocycles. The van der Waals surface area contributed by atoms with E-state index < -0.39 is 18.0 Å².